The fourth-order valence-electron chi connectivity index (χ4n) is 2.25. The van der Waals surface area contributed by atoms with E-state index in [1.807, 2.05) is 53.1 Å². The second-order valence-electron chi connectivity index (χ2n) is 4.52. The van der Waals surface area contributed by atoms with Crippen LogP contribution in [0, 0.1) is 4.77 Å². The van der Waals surface area contributed by atoms with E-state index >= 15 is 0 Å². The predicted molar refractivity (Wildman–Crippen MR) is 79.8 cm³/mol. The quantitative estimate of drug-likeness (QED) is 0.725. The van der Waals surface area contributed by atoms with Crippen molar-refractivity contribution in [2.75, 3.05) is 0 Å². The smallest absolute Gasteiger partial charge is 0.307 e. The van der Waals surface area contributed by atoms with Gasteiger partial charge in [-0.3, -0.25) is 9.36 Å². The minimum Gasteiger partial charge on any atom is -0.481 e. The van der Waals surface area contributed by atoms with E-state index in [-0.39, 0.29) is 6.42 Å². The first-order valence-corrected chi connectivity index (χ1v) is 6.57. The molecule has 4 nitrogen and oxygen atoms in total. The van der Waals surface area contributed by atoms with Gasteiger partial charge in [-0.25, -0.2) is 0 Å². The molecule has 0 atom stereocenters. The first-order valence-electron chi connectivity index (χ1n) is 6.16. The molecule has 1 aromatic heterocycles. The Hall–Kier alpha value is -2.40. The zero-order valence-corrected chi connectivity index (χ0v) is 11.4. The number of hydrogen-bond donors (Lipinski definition) is 2. The Kier molecular flexibility index (Phi) is 3.12. The number of rotatable bonds is 3. The van der Waals surface area contributed by atoms with Crippen LogP contribution in [0.4, 0.5) is 0 Å². The van der Waals surface area contributed by atoms with Crippen LogP contribution in [0.15, 0.2) is 48.5 Å². The predicted octanol–water partition coefficient (Wildman–Crippen LogP) is 3.32. The third-order valence-corrected chi connectivity index (χ3v) is 3.42. The molecule has 0 aliphatic heterocycles. The number of H-pyrrole nitrogens is 1. The average Bonchev–Trinajstić information content (AvgIpc) is 2.75. The van der Waals surface area contributed by atoms with Gasteiger partial charge in [-0.15, -0.1) is 0 Å². The molecule has 0 saturated carbocycles. The Balaban J connectivity index is 2.09. The Morgan fingerprint density at radius 3 is 2.55 bits per heavy atom. The number of aromatic nitrogens is 2. The Bertz CT molecular complexity index is 831. The molecule has 0 bridgehead atoms. The normalized spacial score (nSPS) is 10.8. The standard InChI is InChI=1S/C15H12N2O2S/c18-14(19)9-10-5-7-11(8-6-10)17-13-4-2-1-3-12(13)16-15(17)20/h1-8H,9H2,(H,16,20)(H,18,19). The van der Waals surface area contributed by atoms with Crippen LogP contribution in [0.1, 0.15) is 5.56 Å². The first kappa shape index (κ1) is 12.6. The van der Waals surface area contributed by atoms with Crippen LogP contribution in [0.25, 0.3) is 16.7 Å². The topological polar surface area (TPSA) is 58.0 Å². The maximum atomic E-state index is 10.7. The van der Waals surface area contributed by atoms with Crippen molar-refractivity contribution in [2.24, 2.45) is 0 Å². The SMILES string of the molecule is O=C(O)Cc1ccc(-n2c(=S)[nH]c3ccccc32)cc1. The molecule has 5 heteroatoms. The number of para-hydroxylation sites is 2. The zero-order valence-electron chi connectivity index (χ0n) is 10.5. The van der Waals surface area contributed by atoms with Crippen LogP contribution in [-0.2, 0) is 11.2 Å². The van der Waals surface area contributed by atoms with Crippen molar-refractivity contribution in [1.29, 1.82) is 0 Å². The second kappa shape index (κ2) is 4.94. The van der Waals surface area contributed by atoms with Crippen molar-refractivity contribution < 1.29 is 9.90 Å². The van der Waals surface area contributed by atoms with Crippen LogP contribution in [0.2, 0.25) is 0 Å². The van der Waals surface area contributed by atoms with E-state index in [1.165, 1.54) is 0 Å². The van der Waals surface area contributed by atoms with E-state index < -0.39 is 5.97 Å². The van der Waals surface area contributed by atoms with E-state index in [1.54, 1.807) is 0 Å². The third kappa shape index (κ3) is 2.23. The molecule has 1 heterocycles. The highest BCUT2D eigenvalue weighted by molar-refractivity contribution is 7.71. The van der Waals surface area contributed by atoms with Crippen LogP contribution >= 0.6 is 12.2 Å². The highest BCUT2D eigenvalue weighted by Gasteiger charge is 2.06. The van der Waals surface area contributed by atoms with Gasteiger partial charge in [0.2, 0.25) is 0 Å². The van der Waals surface area contributed by atoms with Crippen LogP contribution < -0.4 is 0 Å². The molecule has 0 aliphatic carbocycles. The zero-order chi connectivity index (χ0) is 14.1. The van der Waals surface area contributed by atoms with Crippen molar-refractivity contribution in [2.45, 2.75) is 6.42 Å². The molecule has 0 saturated heterocycles. The fraction of sp³-hybridized carbons (Fsp3) is 0.0667. The summed E-state index contributed by atoms with van der Waals surface area (Å²) < 4.78 is 2.56. The number of imidazole rings is 1. The summed E-state index contributed by atoms with van der Waals surface area (Å²) in [7, 11) is 0. The van der Waals surface area contributed by atoms with Crippen LogP contribution in [0.3, 0.4) is 0 Å². The Morgan fingerprint density at radius 2 is 1.85 bits per heavy atom. The first-order chi connectivity index (χ1) is 9.65. The van der Waals surface area contributed by atoms with E-state index in [0.29, 0.717) is 4.77 Å². The van der Waals surface area contributed by atoms with E-state index in [4.69, 9.17) is 17.3 Å². The van der Waals surface area contributed by atoms with Crippen molar-refractivity contribution in [3.63, 3.8) is 0 Å². The van der Waals surface area contributed by atoms with Gasteiger partial charge in [0.1, 0.15) is 0 Å². The van der Waals surface area contributed by atoms with Crippen molar-refractivity contribution >= 4 is 29.2 Å². The molecule has 20 heavy (non-hydrogen) atoms. The number of carboxylic acids is 1. The highest BCUT2D eigenvalue weighted by atomic mass is 32.1. The summed E-state index contributed by atoms with van der Waals surface area (Å²) in [6.45, 7) is 0. The lowest BCUT2D eigenvalue weighted by Crippen LogP contribution is -2.00. The molecule has 3 rings (SSSR count). The minimum atomic E-state index is -0.832. The van der Waals surface area contributed by atoms with Crippen LogP contribution in [0.5, 0.6) is 0 Å². The summed E-state index contributed by atoms with van der Waals surface area (Å²) >= 11 is 5.35. The van der Waals surface area contributed by atoms with E-state index in [0.717, 1.165) is 22.3 Å². The summed E-state index contributed by atoms with van der Waals surface area (Å²) in [5.41, 5.74) is 3.67. The molecule has 0 aliphatic rings. The number of aliphatic carboxylic acids is 1. The number of hydrogen-bond acceptors (Lipinski definition) is 2. The molecular weight excluding hydrogens is 272 g/mol. The Morgan fingerprint density at radius 1 is 1.15 bits per heavy atom. The monoisotopic (exact) mass is 284 g/mol. The van der Waals surface area contributed by atoms with Gasteiger partial charge in [0.25, 0.3) is 0 Å². The minimum absolute atomic E-state index is 0.0273. The number of benzene rings is 2. The lowest BCUT2D eigenvalue weighted by atomic mass is 10.1. The highest BCUT2D eigenvalue weighted by Crippen LogP contribution is 2.19. The number of nitrogens with one attached hydrogen (secondary N) is 1. The van der Waals surface area contributed by atoms with E-state index in [9.17, 15) is 4.79 Å². The average molecular weight is 284 g/mol. The molecular formula is C15H12N2O2S. The van der Waals surface area contributed by atoms with Crippen molar-refractivity contribution in [1.82, 2.24) is 9.55 Å². The lowest BCUT2D eigenvalue weighted by molar-refractivity contribution is -0.136. The number of aromatic amines is 1. The van der Waals surface area contributed by atoms with Gasteiger partial charge in [0, 0.05) is 5.69 Å². The fourth-order valence-corrected chi connectivity index (χ4v) is 2.56. The van der Waals surface area contributed by atoms with Crippen molar-refractivity contribution in [3.05, 3.63) is 58.9 Å². The third-order valence-electron chi connectivity index (χ3n) is 3.14. The molecule has 2 aromatic carbocycles. The summed E-state index contributed by atoms with van der Waals surface area (Å²) in [6, 6.07) is 15.3. The van der Waals surface area contributed by atoms with Gasteiger partial charge >= 0.3 is 5.97 Å². The molecule has 0 unspecified atom stereocenters. The molecule has 0 amide bonds. The maximum absolute atomic E-state index is 10.7. The molecule has 100 valence electrons. The van der Waals surface area contributed by atoms with E-state index in [2.05, 4.69) is 4.98 Å². The molecule has 2 N–H and O–H groups in total. The second-order valence-corrected chi connectivity index (χ2v) is 4.91. The molecule has 0 spiro atoms. The van der Waals surface area contributed by atoms with Gasteiger partial charge in [-0.2, -0.15) is 0 Å². The van der Waals surface area contributed by atoms with Crippen molar-refractivity contribution in [3.8, 4) is 5.69 Å². The summed E-state index contributed by atoms with van der Waals surface area (Å²) in [5, 5.41) is 8.78. The molecule has 0 fully saturated rings. The van der Waals surface area contributed by atoms with Gasteiger partial charge in [-0.1, -0.05) is 24.3 Å². The summed E-state index contributed by atoms with van der Waals surface area (Å²) in [5.74, 6) is -0.832. The largest absolute Gasteiger partial charge is 0.481 e. The summed E-state index contributed by atoms with van der Waals surface area (Å²) in [6.07, 6.45) is 0.0273. The van der Waals surface area contributed by atoms with Gasteiger partial charge < -0.3 is 10.1 Å². The number of carbonyl (C=O) groups is 1. The summed E-state index contributed by atoms with van der Waals surface area (Å²) in [4.78, 5) is 13.8. The lowest BCUT2D eigenvalue weighted by Gasteiger charge is -2.05. The van der Waals surface area contributed by atoms with Gasteiger partial charge in [-0.05, 0) is 42.0 Å². The molecule has 3 aromatic rings. The van der Waals surface area contributed by atoms with Gasteiger partial charge in [0.15, 0.2) is 4.77 Å². The van der Waals surface area contributed by atoms with Gasteiger partial charge in [0.05, 0.1) is 17.5 Å². The Labute approximate surface area is 120 Å². The maximum Gasteiger partial charge on any atom is 0.307 e. The number of fused-ring (bicyclic) bond motifs is 1. The number of carboxylic acid groups (broad SMARTS) is 1. The van der Waals surface area contributed by atoms with Crippen LogP contribution in [-0.4, -0.2) is 20.6 Å². The molecule has 0 radical (unpaired) electrons. The number of nitrogens with zero attached hydrogens (tertiary/aromatic N) is 1.